The van der Waals surface area contributed by atoms with E-state index in [1.165, 1.54) is 12.1 Å². The Balaban J connectivity index is 1.90. The Morgan fingerprint density at radius 2 is 1.92 bits per heavy atom. The van der Waals surface area contributed by atoms with Crippen molar-refractivity contribution >= 4 is 33.1 Å². The topological polar surface area (TPSA) is 84.0 Å². The monoisotopic (exact) mass is 338 g/mol. The van der Waals surface area contributed by atoms with E-state index in [-0.39, 0.29) is 10.6 Å². The van der Waals surface area contributed by atoms with Crippen molar-refractivity contribution in [3.63, 3.8) is 0 Å². The molecule has 5 nitrogen and oxygen atoms in total. The molecular formula is C18H14N2O3S. The third-order valence-corrected chi connectivity index (χ3v) is 5.31. The Morgan fingerprint density at radius 1 is 1.17 bits per heavy atom. The maximum Gasteiger partial charge on any atom is 0.220 e. The van der Waals surface area contributed by atoms with Gasteiger partial charge in [0, 0.05) is 6.08 Å². The van der Waals surface area contributed by atoms with E-state index < -0.39 is 9.84 Å². The van der Waals surface area contributed by atoms with Crippen LogP contribution in [-0.2, 0) is 9.84 Å². The Kier molecular flexibility index (Phi) is 4.19. The summed E-state index contributed by atoms with van der Waals surface area (Å²) in [6.45, 7) is 1.61. The molecule has 0 saturated heterocycles. The third-order valence-electron chi connectivity index (χ3n) is 3.57. The highest BCUT2D eigenvalue weighted by atomic mass is 32.2. The van der Waals surface area contributed by atoms with Gasteiger partial charge in [0.25, 0.3) is 0 Å². The number of benzene rings is 2. The Morgan fingerprint density at radius 3 is 2.58 bits per heavy atom. The van der Waals surface area contributed by atoms with E-state index in [0.29, 0.717) is 22.6 Å². The Labute approximate surface area is 139 Å². The minimum atomic E-state index is -3.27. The third kappa shape index (κ3) is 3.21. The van der Waals surface area contributed by atoms with Crippen LogP contribution in [0.4, 0.5) is 0 Å². The fourth-order valence-corrected chi connectivity index (χ4v) is 3.09. The first kappa shape index (κ1) is 16.0. The molecule has 0 saturated carbocycles. The van der Waals surface area contributed by atoms with E-state index >= 15 is 0 Å². The average Bonchev–Trinajstić information content (AvgIpc) is 3.02. The summed E-state index contributed by atoms with van der Waals surface area (Å²) < 4.78 is 29.4. The predicted molar refractivity (Wildman–Crippen MR) is 91.8 cm³/mol. The molecule has 3 aromatic rings. The summed E-state index contributed by atoms with van der Waals surface area (Å²) in [5, 5.41) is 8.78. The fraction of sp³-hybridized carbons (Fsp3) is 0.111. The minimum absolute atomic E-state index is 0.0435. The number of hydrogen-bond acceptors (Lipinski definition) is 5. The summed E-state index contributed by atoms with van der Waals surface area (Å²) in [5.41, 5.74) is 2.54. The number of sulfone groups is 1. The van der Waals surface area contributed by atoms with Gasteiger partial charge >= 0.3 is 0 Å². The van der Waals surface area contributed by atoms with Gasteiger partial charge in [-0.25, -0.2) is 13.4 Å². The highest BCUT2D eigenvalue weighted by molar-refractivity contribution is 7.91. The van der Waals surface area contributed by atoms with Crippen LogP contribution >= 0.6 is 0 Å². The van der Waals surface area contributed by atoms with Crippen LogP contribution in [0.25, 0.3) is 23.3 Å². The smallest absolute Gasteiger partial charge is 0.220 e. The minimum Gasteiger partial charge on any atom is -0.437 e. The lowest BCUT2D eigenvalue weighted by molar-refractivity contribution is 0.589. The molecule has 3 rings (SSSR count). The zero-order valence-corrected chi connectivity index (χ0v) is 13.7. The summed E-state index contributed by atoms with van der Waals surface area (Å²) in [5.74, 6) is 0.433. The van der Waals surface area contributed by atoms with E-state index in [1.807, 2.05) is 18.2 Å². The second-order valence-corrected chi connectivity index (χ2v) is 7.43. The van der Waals surface area contributed by atoms with Crippen LogP contribution in [0.2, 0.25) is 0 Å². The second-order valence-electron chi connectivity index (χ2n) is 5.15. The van der Waals surface area contributed by atoms with Gasteiger partial charge in [-0.15, -0.1) is 0 Å². The van der Waals surface area contributed by atoms with E-state index in [4.69, 9.17) is 9.68 Å². The van der Waals surface area contributed by atoms with Crippen molar-refractivity contribution in [1.29, 1.82) is 5.26 Å². The molecule has 0 fully saturated rings. The van der Waals surface area contributed by atoms with Gasteiger partial charge in [-0.05, 0) is 42.0 Å². The molecule has 6 heteroatoms. The van der Waals surface area contributed by atoms with Crippen LogP contribution in [-0.4, -0.2) is 19.2 Å². The van der Waals surface area contributed by atoms with Gasteiger partial charge in [-0.2, -0.15) is 5.26 Å². The highest BCUT2D eigenvalue weighted by Crippen LogP contribution is 2.22. The SMILES string of the molecule is CCS(=O)(=O)c1ccc2oc(/C=C/c3ccc(C#N)cc3)nc2c1. The van der Waals surface area contributed by atoms with Gasteiger partial charge in [-0.1, -0.05) is 19.1 Å². The molecule has 0 aliphatic rings. The van der Waals surface area contributed by atoms with Crippen molar-refractivity contribution in [3.8, 4) is 6.07 Å². The summed E-state index contributed by atoms with van der Waals surface area (Å²) in [6.07, 6.45) is 3.52. The maximum atomic E-state index is 11.9. The van der Waals surface area contributed by atoms with Crippen molar-refractivity contribution in [1.82, 2.24) is 4.98 Å². The Bertz CT molecular complexity index is 1060. The summed E-state index contributed by atoms with van der Waals surface area (Å²) in [6, 6.07) is 13.8. The van der Waals surface area contributed by atoms with Crippen LogP contribution in [0.1, 0.15) is 23.9 Å². The molecular weight excluding hydrogens is 324 g/mol. The molecule has 2 aromatic carbocycles. The van der Waals surface area contributed by atoms with Crippen molar-refractivity contribution in [2.75, 3.05) is 5.75 Å². The van der Waals surface area contributed by atoms with E-state index in [2.05, 4.69) is 11.1 Å². The molecule has 24 heavy (non-hydrogen) atoms. The molecule has 1 aromatic heterocycles. The summed E-state index contributed by atoms with van der Waals surface area (Å²) in [4.78, 5) is 4.54. The number of hydrogen-bond donors (Lipinski definition) is 0. The van der Waals surface area contributed by atoms with Crippen LogP contribution in [0.5, 0.6) is 0 Å². The van der Waals surface area contributed by atoms with E-state index in [0.717, 1.165) is 5.56 Å². The molecule has 0 amide bonds. The standard InChI is InChI=1S/C18H14N2O3S/c1-2-24(21,22)15-8-9-17-16(11-15)20-18(23-17)10-7-13-3-5-14(12-19)6-4-13/h3-11H,2H2,1H3/b10-7+. The number of aromatic nitrogens is 1. The lowest BCUT2D eigenvalue weighted by atomic mass is 10.1. The van der Waals surface area contributed by atoms with Crippen LogP contribution in [0.3, 0.4) is 0 Å². The van der Waals surface area contributed by atoms with Gasteiger partial charge in [-0.3, -0.25) is 0 Å². The molecule has 0 bridgehead atoms. The van der Waals surface area contributed by atoms with Crippen LogP contribution < -0.4 is 0 Å². The van der Waals surface area contributed by atoms with Crippen molar-refractivity contribution in [2.24, 2.45) is 0 Å². The van der Waals surface area contributed by atoms with E-state index in [9.17, 15) is 8.42 Å². The largest absolute Gasteiger partial charge is 0.437 e. The Hall–Kier alpha value is -2.91. The molecule has 0 N–H and O–H groups in total. The number of oxazole rings is 1. The molecule has 0 spiro atoms. The normalized spacial score (nSPS) is 11.8. The molecule has 0 atom stereocenters. The maximum absolute atomic E-state index is 11.9. The first-order valence-corrected chi connectivity index (χ1v) is 8.98. The fourth-order valence-electron chi connectivity index (χ4n) is 2.19. The predicted octanol–water partition coefficient (Wildman–Crippen LogP) is 3.66. The van der Waals surface area contributed by atoms with Gasteiger partial charge < -0.3 is 4.42 Å². The number of rotatable bonds is 4. The van der Waals surface area contributed by atoms with Crippen LogP contribution in [0.15, 0.2) is 51.8 Å². The summed E-state index contributed by atoms with van der Waals surface area (Å²) >= 11 is 0. The lowest BCUT2D eigenvalue weighted by Crippen LogP contribution is -2.03. The number of nitrogens with zero attached hydrogens (tertiary/aromatic N) is 2. The van der Waals surface area contributed by atoms with Gasteiger partial charge in [0.05, 0.1) is 22.3 Å². The quantitative estimate of drug-likeness (QED) is 0.725. The van der Waals surface area contributed by atoms with E-state index in [1.54, 1.807) is 31.2 Å². The summed E-state index contributed by atoms with van der Waals surface area (Å²) in [7, 11) is -3.27. The van der Waals surface area contributed by atoms with Gasteiger partial charge in [0.1, 0.15) is 5.52 Å². The highest BCUT2D eigenvalue weighted by Gasteiger charge is 2.13. The van der Waals surface area contributed by atoms with Crippen molar-refractivity contribution < 1.29 is 12.8 Å². The van der Waals surface area contributed by atoms with Crippen LogP contribution in [0, 0.1) is 11.3 Å². The van der Waals surface area contributed by atoms with Gasteiger partial charge in [0.2, 0.25) is 5.89 Å². The first-order chi connectivity index (χ1) is 11.5. The molecule has 0 aliphatic heterocycles. The first-order valence-electron chi connectivity index (χ1n) is 7.33. The number of fused-ring (bicyclic) bond motifs is 1. The molecule has 0 radical (unpaired) electrons. The molecule has 0 unspecified atom stereocenters. The molecule has 120 valence electrons. The second kappa shape index (κ2) is 6.30. The number of nitriles is 1. The van der Waals surface area contributed by atoms with Crippen molar-refractivity contribution in [3.05, 3.63) is 59.5 Å². The van der Waals surface area contributed by atoms with Gasteiger partial charge in [0.15, 0.2) is 15.4 Å². The zero-order valence-electron chi connectivity index (χ0n) is 12.9. The molecule has 1 heterocycles. The lowest BCUT2D eigenvalue weighted by Gasteiger charge is -1.99. The zero-order chi connectivity index (χ0) is 17.2. The average molecular weight is 338 g/mol. The van der Waals surface area contributed by atoms with Crippen molar-refractivity contribution in [2.45, 2.75) is 11.8 Å². The molecule has 0 aliphatic carbocycles.